The van der Waals surface area contributed by atoms with Gasteiger partial charge in [-0.3, -0.25) is 4.79 Å². The quantitative estimate of drug-likeness (QED) is 0.564. The minimum Gasteiger partial charge on any atom is -0.465 e. The van der Waals surface area contributed by atoms with Gasteiger partial charge in [-0.15, -0.1) is 0 Å². The molecule has 0 aromatic heterocycles. The maximum absolute atomic E-state index is 10.8. The molecule has 0 heterocycles. The van der Waals surface area contributed by atoms with Gasteiger partial charge < -0.3 is 4.74 Å². The molecule has 0 aromatic rings. The van der Waals surface area contributed by atoms with Gasteiger partial charge in [-0.1, -0.05) is 0 Å². The summed E-state index contributed by atoms with van der Waals surface area (Å²) in [6.45, 7) is 1.70. The molecule has 5 nitrogen and oxygen atoms in total. The molecule has 0 aromatic carbocycles. The first-order chi connectivity index (χ1) is 5.38. The number of likely N-dealkylation sites (N-methyl/N-ethyl adjacent to an activating group) is 1. The Morgan fingerprint density at radius 2 is 2.00 bits per heavy atom. The highest BCUT2D eigenvalue weighted by atomic mass is 32.2. The van der Waals surface area contributed by atoms with Crippen molar-refractivity contribution in [3.63, 3.8) is 0 Å². The third-order valence-corrected chi connectivity index (χ3v) is 2.48. The number of ether oxygens (including phenoxy) is 1. The molecule has 0 aliphatic carbocycles. The van der Waals surface area contributed by atoms with E-state index < -0.39 is 16.0 Å². The first kappa shape index (κ1) is 11.4. The molecule has 0 unspecified atom stereocenters. The Hall–Kier alpha value is -0.620. The molecular formula is C6H13NO4S. The van der Waals surface area contributed by atoms with Gasteiger partial charge in [0.05, 0.1) is 12.9 Å². The van der Waals surface area contributed by atoms with Crippen LogP contribution in [0.5, 0.6) is 0 Å². The minimum atomic E-state index is -3.28. The zero-order valence-electron chi connectivity index (χ0n) is 7.40. The lowest BCUT2D eigenvalue weighted by molar-refractivity contribution is -0.143. The summed E-state index contributed by atoms with van der Waals surface area (Å²) in [5, 5.41) is 0. The molecular weight excluding hydrogens is 182 g/mol. The molecule has 0 N–H and O–H groups in total. The smallest absolute Gasteiger partial charge is 0.321 e. The van der Waals surface area contributed by atoms with Crippen LogP contribution in [0.3, 0.4) is 0 Å². The van der Waals surface area contributed by atoms with E-state index >= 15 is 0 Å². The summed E-state index contributed by atoms with van der Waals surface area (Å²) in [5.74, 6) is -0.537. The van der Waals surface area contributed by atoms with Crippen LogP contribution in [0.1, 0.15) is 6.92 Å². The van der Waals surface area contributed by atoms with Crippen molar-refractivity contribution in [2.24, 2.45) is 0 Å². The standard InChI is InChI=1S/C6H13NO4S/c1-4-11-6(8)5-7(2)12(3,9)10/h4-5H2,1-3H3. The summed E-state index contributed by atoms with van der Waals surface area (Å²) in [4.78, 5) is 10.8. The van der Waals surface area contributed by atoms with Crippen molar-refractivity contribution in [3.05, 3.63) is 0 Å². The van der Waals surface area contributed by atoms with E-state index in [1.54, 1.807) is 6.92 Å². The number of carbonyl (C=O) groups is 1. The second-order valence-electron chi connectivity index (χ2n) is 2.32. The Morgan fingerprint density at radius 1 is 1.50 bits per heavy atom. The van der Waals surface area contributed by atoms with Crippen LogP contribution in [0.4, 0.5) is 0 Å². The molecule has 0 amide bonds. The fourth-order valence-electron chi connectivity index (χ4n) is 0.506. The highest BCUT2D eigenvalue weighted by Crippen LogP contribution is 1.92. The van der Waals surface area contributed by atoms with Gasteiger partial charge in [0.15, 0.2) is 0 Å². The van der Waals surface area contributed by atoms with Crippen LogP contribution in [-0.4, -0.2) is 45.1 Å². The third kappa shape index (κ3) is 4.30. The number of nitrogens with zero attached hydrogens (tertiary/aromatic N) is 1. The highest BCUT2D eigenvalue weighted by Gasteiger charge is 2.15. The average Bonchev–Trinajstić information content (AvgIpc) is 1.85. The maximum Gasteiger partial charge on any atom is 0.321 e. The van der Waals surface area contributed by atoms with Gasteiger partial charge in [0.1, 0.15) is 6.54 Å². The largest absolute Gasteiger partial charge is 0.465 e. The number of carbonyl (C=O) groups excluding carboxylic acids is 1. The molecule has 0 fully saturated rings. The number of sulfonamides is 1. The molecule has 0 aliphatic rings. The summed E-state index contributed by atoms with van der Waals surface area (Å²) in [6, 6.07) is 0. The second-order valence-corrected chi connectivity index (χ2v) is 4.41. The van der Waals surface area contributed by atoms with Gasteiger partial charge >= 0.3 is 5.97 Å². The van der Waals surface area contributed by atoms with Crippen LogP contribution in [0, 0.1) is 0 Å². The van der Waals surface area contributed by atoms with Crippen molar-refractivity contribution in [1.29, 1.82) is 0 Å². The predicted octanol–water partition coefficient (Wildman–Crippen LogP) is -0.559. The Balaban J connectivity index is 4.02. The fraction of sp³-hybridized carbons (Fsp3) is 0.833. The summed E-state index contributed by atoms with van der Waals surface area (Å²) >= 11 is 0. The van der Waals surface area contributed by atoms with E-state index in [0.29, 0.717) is 0 Å². The van der Waals surface area contributed by atoms with Gasteiger partial charge in [-0.25, -0.2) is 8.42 Å². The lowest BCUT2D eigenvalue weighted by atomic mass is 10.6. The minimum absolute atomic E-state index is 0.229. The Labute approximate surface area is 72.4 Å². The van der Waals surface area contributed by atoms with Crippen molar-refractivity contribution in [2.45, 2.75) is 6.92 Å². The van der Waals surface area contributed by atoms with Crippen LogP contribution in [0.25, 0.3) is 0 Å². The van der Waals surface area contributed by atoms with Crippen LogP contribution >= 0.6 is 0 Å². The molecule has 0 saturated heterocycles. The topological polar surface area (TPSA) is 63.7 Å². The molecule has 72 valence electrons. The van der Waals surface area contributed by atoms with E-state index in [4.69, 9.17) is 0 Å². The van der Waals surface area contributed by atoms with Crippen molar-refractivity contribution in [2.75, 3.05) is 26.5 Å². The fourth-order valence-corrected chi connectivity index (χ4v) is 0.846. The van der Waals surface area contributed by atoms with E-state index in [-0.39, 0.29) is 13.2 Å². The molecule has 0 bridgehead atoms. The lowest BCUT2D eigenvalue weighted by Gasteiger charge is -2.12. The highest BCUT2D eigenvalue weighted by molar-refractivity contribution is 7.88. The van der Waals surface area contributed by atoms with Crippen molar-refractivity contribution >= 4 is 16.0 Å². The second kappa shape index (κ2) is 4.42. The predicted molar refractivity (Wildman–Crippen MR) is 44.1 cm³/mol. The van der Waals surface area contributed by atoms with Gasteiger partial charge in [-0.05, 0) is 6.92 Å². The van der Waals surface area contributed by atoms with E-state index in [2.05, 4.69) is 4.74 Å². The molecule has 0 spiro atoms. The van der Waals surface area contributed by atoms with Gasteiger partial charge in [0, 0.05) is 7.05 Å². The van der Waals surface area contributed by atoms with Crippen LogP contribution in [0.15, 0.2) is 0 Å². The van der Waals surface area contributed by atoms with Crippen LogP contribution in [-0.2, 0) is 19.6 Å². The van der Waals surface area contributed by atoms with E-state index in [1.165, 1.54) is 7.05 Å². The van der Waals surface area contributed by atoms with Crippen molar-refractivity contribution < 1.29 is 17.9 Å². The molecule has 6 heteroatoms. The summed E-state index contributed by atoms with van der Waals surface area (Å²) in [7, 11) is -1.96. The first-order valence-electron chi connectivity index (χ1n) is 3.45. The Morgan fingerprint density at radius 3 is 2.33 bits per heavy atom. The van der Waals surface area contributed by atoms with Gasteiger partial charge in [0.25, 0.3) is 0 Å². The summed E-state index contributed by atoms with van der Waals surface area (Å²) in [6.07, 6.45) is 1.03. The van der Waals surface area contributed by atoms with E-state index in [0.717, 1.165) is 10.6 Å². The van der Waals surface area contributed by atoms with E-state index in [1.807, 2.05) is 0 Å². The van der Waals surface area contributed by atoms with Crippen molar-refractivity contribution in [3.8, 4) is 0 Å². The summed E-state index contributed by atoms with van der Waals surface area (Å²) in [5.41, 5.74) is 0. The zero-order chi connectivity index (χ0) is 9.78. The number of rotatable bonds is 4. The first-order valence-corrected chi connectivity index (χ1v) is 5.29. The van der Waals surface area contributed by atoms with Crippen LogP contribution < -0.4 is 0 Å². The third-order valence-electron chi connectivity index (χ3n) is 1.22. The Bertz CT molecular complexity index is 246. The number of esters is 1. The van der Waals surface area contributed by atoms with Gasteiger partial charge in [0.2, 0.25) is 10.0 Å². The molecule has 0 radical (unpaired) electrons. The summed E-state index contributed by atoms with van der Waals surface area (Å²) < 4.78 is 27.1. The van der Waals surface area contributed by atoms with E-state index in [9.17, 15) is 13.2 Å². The molecule has 12 heavy (non-hydrogen) atoms. The normalized spacial score (nSPS) is 11.7. The number of hydrogen-bond donors (Lipinski definition) is 0. The zero-order valence-corrected chi connectivity index (χ0v) is 8.22. The molecule has 0 saturated carbocycles. The molecule has 0 aliphatic heterocycles. The SMILES string of the molecule is CCOC(=O)CN(C)S(C)(=O)=O. The molecule has 0 atom stereocenters. The molecule has 0 rings (SSSR count). The number of hydrogen-bond acceptors (Lipinski definition) is 4. The average molecular weight is 195 g/mol. The monoisotopic (exact) mass is 195 g/mol. The van der Waals surface area contributed by atoms with Gasteiger partial charge in [-0.2, -0.15) is 4.31 Å². The van der Waals surface area contributed by atoms with Crippen LogP contribution in [0.2, 0.25) is 0 Å². The Kier molecular flexibility index (Phi) is 4.19. The van der Waals surface area contributed by atoms with Crippen molar-refractivity contribution in [1.82, 2.24) is 4.31 Å². The maximum atomic E-state index is 10.8. The lowest BCUT2D eigenvalue weighted by Crippen LogP contribution is -2.32.